The Balaban J connectivity index is 2.32. The van der Waals surface area contributed by atoms with Gasteiger partial charge in [-0.3, -0.25) is 0 Å². The molecule has 0 aliphatic rings. The molecule has 0 fully saturated rings. The van der Waals surface area contributed by atoms with Gasteiger partial charge >= 0.3 is 7.80 Å². The number of rotatable bonds is 2. The Morgan fingerprint density at radius 1 is 0.875 bits per heavy atom. The normalized spacial score (nSPS) is 11.2. The summed E-state index contributed by atoms with van der Waals surface area (Å²) in [6.45, 7) is 2.00. The molecule has 0 spiro atoms. The second kappa shape index (κ2) is 4.46. The van der Waals surface area contributed by atoms with E-state index in [0.29, 0.717) is 0 Å². The zero-order chi connectivity index (χ0) is 11.5. The number of hydrogen-bond donors (Lipinski definition) is 1. The van der Waals surface area contributed by atoms with Crippen molar-refractivity contribution >= 4 is 18.4 Å². The fraction of sp³-hybridized carbons (Fsp3) is 0.0769. The van der Waals surface area contributed by atoms with E-state index < -0.39 is 7.80 Å². The van der Waals surface area contributed by atoms with Crippen LogP contribution in [0, 0.1) is 6.92 Å². The lowest BCUT2D eigenvalue weighted by Crippen LogP contribution is -2.05. The van der Waals surface area contributed by atoms with Gasteiger partial charge in [-0.1, -0.05) is 22.3 Å². The van der Waals surface area contributed by atoms with Gasteiger partial charge in [0, 0.05) is 0 Å². The molecule has 0 radical (unpaired) electrons. The molecule has 0 amide bonds. The quantitative estimate of drug-likeness (QED) is 0.806. The Morgan fingerprint density at radius 3 is 1.81 bits per heavy atom. The fourth-order valence-corrected chi connectivity index (χ4v) is 2.56. The van der Waals surface area contributed by atoms with E-state index in [-0.39, 0.29) is 5.75 Å². The highest BCUT2D eigenvalue weighted by Gasteiger charge is 2.22. The van der Waals surface area contributed by atoms with Crippen molar-refractivity contribution < 1.29 is 9.67 Å². The number of aryl methyl sites for hydroxylation is 1. The molecule has 80 valence electrons. The maximum absolute atomic E-state index is 12.1. The molecular formula is C13H12O2P+. The first-order chi connectivity index (χ1) is 7.66. The number of aromatic hydroxyl groups is 1. The molecule has 0 aromatic heterocycles. The van der Waals surface area contributed by atoms with E-state index in [4.69, 9.17) is 5.11 Å². The summed E-state index contributed by atoms with van der Waals surface area (Å²) in [6.07, 6.45) is 0. The summed E-state index contributed by atoms with van der Waals surface area (Å²) in [7, 11) is -1.56. The zero-order valence-corrected chi connectivity index (χ0v) is 9.82. The van der Waals surface area contributed by atoms with Crippen molar-refractivity contribution in [1.29, 1.82) is 0 Å². The fourth-order valence-electron chi connectivity index (χ4n) is 1.42. The minimum Gasteiger partial charge on any atom is -0.508 e. The van der Waals surface area contributed by atoms with Crippen molar-refractivity contribution in [3.05, 3.63) is 54.1 Å². The molecule has 1 unspecified atom stereocenters. The van der Waals surface area contributed by atoms with Crippen molar-refractivity contribution in [3.63, 3.8) is 0 Å². The second-order valence-corrected chi connectivity index (χ2v) is 5.27. The topological polar surface area (TPSA) is 37.3 Å². The van der Waals surface area contributed by atoms with E-state index in [1.807, 2.05) is 31.2 Å². The molecule has 3 heteroatoms. The van der Waals surface area contributed by atoms with Crippen LogP contribution in [0.1, 0.15) is 5.56 Å². The Kier molecular flexibility index (Phi) is 3.02. The highest BCUT2D eigenvalue weighted by Crippen LogP contribution is 2.20. The second-order valence-electron chi connectivity index (χ2n) is 3.65. The average Bonchev–Trinajstić information content (AvgIpc) is 2.30. The van der Waals surface area contributed by atoms with Crippen LogP contribution in [0.4, 0.5) is 0 Å². The predicted octanol–water partition coefficient (Wildman–Crippen LogP) is 2.48. The van der Waals surface area contributed by atoms with Crippen LogP contribution in [0.5, 0.6) is 5.75 Å². The molecule has 0 bridgehead atoms. The summed E-state index contributed by atoms with van der Waals surface area (Å²) in [5.74, 6) is 0.191. The van der Waals surface area contributed by atoms with Gasteiger partial charge in [-0.05, 0) is 43.3 Å². The Bertz CT molecular complexity index is 453. The molecular weight excluding hydrogens is 219 g/mol. The van der Waals surface area contributed by atoms with Crippen LogP contribution in [-0.4, -0.2) is 5.11 Å². The lowest BCUT2D eigenvalue weighted by atomic mass is 10.2. The van der Waals surface area contributed by atoms with Gasteiger partial charge in [-0.15, -0.1) is 0 Å². The number of phenols is 1. The van der Waals surface area contributed by atoms with Gasteiger partial charge in [0.05, 0.1) is 0 Å². The van der Waals surface area contributed by atoms with Crippen LogP contribution in [0.2, 0.25) is 0 Å². The molecule has 0 aliphatic heterocycles. The molecule has 1 N–H and O–H groups in total. The molecule has 2 aromatic rings. The lowest BCUT2D eigenvalue weighted by Gasteiger charge is -1.92. The van der Waals surface area contributed by atoms with Crippen molar-refractivity contribution in [2.75, 3.05) is 0 Å². The van der Waals surface area contributed by atoms with Crippen LogP contribution in [0.15, 0.2) is 48.5 Å². The first-order valence-electron chi connectivity index (χ1n) is 5.00. The van der Waals surface area contributed by atoms with Crippen LogP contribution in [0.25, 0.3) is 0 Å². The third kappa shape index (κ3) is 2.29. The van der Waals surface area contributed by atoms with E-state index in [9.17, 15) is 4.57 Å². The van der Waals surface area contributed by atoms with Gasteiger partial charge in [0.1, 0.15) is 5.75 Å². The Labute approximate surface area is 95.4 Å². The molecule has 1 atom stereocenters. The van der Waals surface area contributed by atoms with Gasteiger partial charge in [0.25, 0.3) is 0 Å². The van der Waals surface area contributed by atoms with Crippen LogP contribution >= 0.6 is 7.80 Å². The molecule has 2 nitrogen and oxygen atoms in total. The maximum Gasteiger partial charge on any atom is 0.415 e. The minimum absolute atomic E-state index is 0.191. The van der Waals surface area contributed by atoms with Gasteiger partial charge in [0.15, 0.2) is 10.6 Å². The molecule has 0 saturated carbocycles. The van der Waals surface area contributed by atoms with E-state index in [0.717, 1.165) is 16.2 Å². The third-order valence-electron chi connectivity index (χ3n) is 2.35. The van der Waals surface area contributed by atoms with Crippen molar-refractivity contribution in [1.82, 2.24) is 0 Å². The molecule has 0 aliphatic carbocycles. The third-order valence-corrected chi connectivity index (χ3v) is 3.89. The molecule has 0 heterocycles. The van der Waals surface area contributed by atoms with Gasteiger partial charge in [-0.2, -0.15) is 0 Å². The monoisotopic (exact) mass is 231 g/mol. The van der Waals surface area contributed by atoms with E-state index in [1.165, 1.54) is 0 Å². The van der Waals surface area contributed by atoms with Gasteiger partial charge in [-0.25, -0.2) is 0 Å². The van der Waals surface area contributed by atoms with Gasteiger partial charge < -0.3 is 5.11 Å². The van der Waals surface area contributed by atoms with E-state index >= 15 is 0 Å². The molecule has 2 rings (SSSR count). The van der Waals surface area contributed by atoms with E-state index in [1.54, 1.807) is 24.3 Å². The first kappa shape index (κ1) is 10.8. The lowest BCUT2D eigenvalue weighted by molar-refractivity contribution is 0.475. The number of phenolic OH excluding ortho intramolecular Hbond substituents is 1. The molecule has 2 aromatic carbocycles. The van der Waals surface area contributed by atoms with E-state index in [2.05, 4.69) is 0 Å². The van der Waals surface area contributed by atoms with Crippen LogP contribution in [0.3, 0.4) is 0 Å². The SMILES string of the molecule is Cc1ccc([P+](=O)c2ccc(O)cc2)cc1. The van der Waals surface area contributed by atoms with Crippen molar-refractivity contribution in [2.24, 2.45) is 0 Å². The van der Waals surface area contributed by atoms with Gasteiger partial charge in [0.2, 0.25) is 0 Å². The summed E-state index contributed by atoms with van der Waals surface area (Å²) in [4.78, 5) is 0. The minimum atomic E-state index is -1.56. The average molecular weight is 231 g/mol. The largest absolute Gasteiger partial charge is 0.508 e. The summed E-state index contributed by atoms with van der Waals surface area (Å²) in [5, 5.41) is 10.7. The number of benzene rings is 2. The van der Waals surface area contributed by atoms with Crippen molar-refractivity contribution in [3.8, 4) is 5.75 Å². The number of hydrogen-bond acceptors (Lipinski definition) is 2. The van der Waals surface area contributed by atoms with Crippen LogP contribution < -0.4 is 10.6 Å². The predicted molar refractivity (Wildman–Crippen MR) is 66.2 cm³/mol. The summed E-state index contributed by atoms with van der Waals surface area (Å²) < 4.78 is 12.1. The Morgan fingerprint density at radius 2 is 1.31 bits per heavy atom. The molecule has 0 saturated heterocycles. The highest BCUT2D eigenvalue weighted by atomic mass is 31.1. The smallest absolute Gasteiger partial charge is 0.415 e. The Hall–Kier alpha value is -1.66. The first-order valence-corrected chi connectivity index (χ1v) is 6.26. The standard InChI is InChI=1S/C13H11O2P/c1-10-2-6-12(7-3-10)16(15)13-8-4-11(14)5-9-13/h2-9H,1H3/p+1. The van der Waals surface area contributed by atoms with Crippen LogP contribution in [-0.2, 0) is 4.57 Å². The van der Waals surface area contributed by atoms with Crippen molar-refractivity contribution in [2.45, 2.75) is 6.92 Å². The highest BCUT2D eigenvalue weighted by molar-refractivity contribution is 7.61. The summed E-state index contributed by atoms with van der Waals surface area (Å²) in [6, 6.07) is 14.1. The summed E-state index contributed by atoms with van der Waals surface area (Å²) in [5.41, 5.74) is 1.15. The zero-order valence-electron chi connectivity index (χ0n) is 8.92. The molecule has 16 heavy (non-hydrogen) atoms. The maximum atomic E-state index is 12.1. The summed E-state index contributed by atoms with van der Waals surface area (Å²) >= 11 is 0.